The Balaban J connectivity index is 2.90. The summed E-state index contributed by atoms with van der Waals surface area (Å²) in [6, 6.07) is 7.28. The van der Waals surface area contributed by atoms with Crippen LogP contribution in [0, 0.1) is 11.3 Å². The monoisotopic (exact) mass is 191 g/mol. The van der Waals surface area contributed by atoms with E-state index in [1.165, 1.54) is 0 Å². The zero-order chi connectivity index (χ0) is 10.6. The van der Waals surface area contributed by atoms with Gasteiger partial charge >= 0.3 is 0 Å². The van der Waals surface area contributed by atoms with Gasteiger partial charge < -0.3 is 16.2 Å². The SMILES string of the molecule is CC(C#N)Oc1cc(CN)ccc1N. The van der Waals surface area contributed by atoms with Gasteiger partial charge in [-0.25, -0.2) is 0 Å². The molecule has 1 rings (SSSR count). The van der Waals surface area contributed by atoms with E-state index >= 15 is 0 Å². The van der Waals surface area contributed by atoms with Crippen molar-refractivity contribution in [1.82, 2.24) is 0 Å². The molecule has 1 aromatic carbocycles. The number of benzene rings is 1. The molecule has 0 heterocycles. The highest BCUT2D eigenvalue weighted by atomic mass is 16.5. The summed E-state index contributed by atoms with van der Waals surface area (Å²) in [6.07, 6.45) is -0.509. The second-order valence-corrected chi connectivity index (χ2v) is 2.97. The van der Waals surface area contributed by atoms with Crippen LogP contribution >= 0.6 is 0 Å². The first-order valence-electron chi connectivity index (χ1n) is 4.32. The Bertz CT molecular complexity index is 357. The Hall–Kier alpha value is -1.73. The number of nitriles is 1. The number of nitrogen functional groups attached to an aromatic ring is 1. The topological polar surface area (TPSA) is 85.1 Å². The van der Waals surface area contributed by atoms with Gasteiger partial charge in [-0.2, -0.15) is 5.26 Å². The molecule has 1 atom stereocenters. The van der Waals surface area contributed by atoms with Crippen molar-refractivity contribution < 1.29 is 4.74 Å². The molecular formula is C10H13N3O. The number of anilines is 1. The quantitative estimate of drug-likeness (QED) is 0.698. The predicted octanol–water partition coefficient (Wildman–Crippen LogP) is 1.02. The molecule has 74 valence electrons. The van der Waals surface area contributed by atoms with Crippen LogP contribution in [0.3, 0.4) is 0 Å². The summed E-state index contributed by atoms with van der Waals surface area (Å²) in [4.78, 5) is 0. The number of hydrogen-bond donors (Lipinski definition) is 2. The Morgan fingerprint density at radius 2 is 2.29 bits per heavy atom. The van der Waals surface area contributed by atoms with Crippen molar-refractivity contribution in [2.24, 2.45) is 5.73 Å². The van der Waals surface area contributed by atoms with Crippen molar-refractivity contribution in [2.45, 2.75) is 19.6 Å². The maximum atomic E-state index is 8.57. The molecule has 0 saturated heterocycles. The average molecular weight is 191 g/mol. The molecule has 0 aliphatic heterocycles. The fourth-order valence-electron chi connectivity index (χ4n) is 1.02. The Morgan fingerprint density at radius 1 is 1.57 bits per heavy atom. The van der Waals surface area contributed by atoms with Crippen LogP contribution in [0.25, 0.3) is 0 Å². The molecule has 4 N–H and O–H groups in total. The van der Waals surface area contributed by atoms with Gasteiger partial charge in [0, 0.05) is 6.54 Å². The predicted molar refractivity (Wildman–Crippen MR) is 54.4 cm³/mol. The van der Waals surface area contributed by atoms with E-state index in [9.17, 15) is 0 Å². The molecule has 1 unspecified atom stereocenters. The zero-order valence-corrected chi connectivity index (χ0v) is 8.03. The summed E-state index contributed by atoms with van der Waals surface area (Å²) in [5.74, 6) is 0.516. The minimum atomic E-state index is -0.509. The molecule has 4 nitrogen and oxygen atoms in total. The van der Waals surface area contributed by atoms with Crippen molar-refractivity contribution in [3.8, 4) is 11.8 Å². The van der Waals surface area contributed by atoms with Crippen LogP contribution < -0.4 is 16.2 Å². The third-order valence-electron chi connectivity index (χ3n) is 1.80. The number of ether oxygens (including phenoxy) is 1. The average Bonchev–Trinajstić information content (AvgIpc) is 2.21. The fourth-order valence-corrected chi connectivity index (χ4v) is 1.02. The zero-order valence-electron chi connectivity index (χ0n) is 8.03. The van der Waals surface area contributed by atoms with Gasteiger partial charge in [0.25, 0.3) is 0 Å². The van der Waals surface area contributed by atoms with Crippen LogP contribution in [0.4, 0.5) is 5.69 Å². The van der Waals surface area contributed by atoms with Crippen molar-refractivity contribution in [3.63, 3.8) is 0 Å². The van der Waals surface area contributed by atoms with E-state index in [4.69, 9.17) is 21.5 Å². The minimum absolute atomic E-state index is 0.428. The first-order valence-corrected chi connectivity index (χ1v) is 4.32. The summed E-state index contributed by atoms with van der Waals surface area (Å²) in [5, 5.41) is 8.57. The molecule has 4 heteroatoms. The lowest BCUT2D eigenvalue weighted by molar-refractivity contribution is 0.278. The van der Waals surface area contributed by atoms with Gasteiger partial charge in [0.05, 0.1) is 5.69 Å². The standard InChI is InChI=1S/C10H13N3O/c1-7(5-11)14-10-4-8(6-12)2-3-9(10)13/h2-4,7H,6,12-13H2,1H3. The lowest BCUT2D eigenvalue weighted by Crippen LogP contribution is -2.10. The number of nitrogens with zero attached hydrogens (tertiary/aromatic N) is 1. The molecule has 0 aromatic heterocycles. The van der Waals surface area contributed by atoms with Crippen LogP contribution in [0.1, 0.15) is 12.5 Å². The highest BCUT2D eigenvalue weighted by Crippen LogP contribution is 2.23. The van der Waals surface area contributed by atoms with Gasteiger partial charge in [0.2, 0.25) is 0 Å². The van der Waals surface area contributed by atoms with Crippen LogP contribution in [0.2, 0.25) is 0 Å². The van der Waals surface area contributed by atoms with Crippen molar-refractivity contribution >= 4 is 5.69 Å². The van der Waals surface area contributed by atoms with E-state index in [2.05, 4.69) is 0 Å². The fraction of sp³-hybridized carbons (Fsp3) is 0.300. The first-order chi connectivity index (χ1) is 6.67. The summed E-state index contributed by atoms with van der Waals surface area (Å²) in [5.41, 5.74) is 12.6. The molecule has 0 saturated carbocycles. The van der Waals surface area contributed by atoms with E-state index in [0.717, 1.165) is 5.56 Å². The minimum Gasteiger partial charge on any atom is -0.474 e. The van der Waals surface area contributed by atoms with Crippen LogP contribution in [-0.4, -0.2) is 6.10 Å². The Labute approximate surface area is 83.1 Å². The largest absolute Gasteiger partial charge is 0.474 e. The highest BCUT2D eigenvalue weighted by Gasteiger charge is 2.05. The van der Waals surface area contributed by atoms with Gasteiger partial charge in [0.15, 0.2) is 6.10 Å². The normalized spacial score (nSPS) is 11.8. The van der Waals surface area contributed by atoms with Crippen molar-refractivity contribution in [3.05, 3.63) is 23.8 Å². The third kappa shape index (κ3) is 2.38. The van der Waals surface area contributed by atoms with E-state index in [-0.39, 0.29) is 0 Å². The number of nitrogens with two attached hydrogens (primary N) is 2. The maximum Gasteiger partial charge on any atom is 0.181 e. The number of hydrogen-bond acceptors (Lipinski definition) is 4. The Morgan fingerprint density at radius 3 is 2.86 bits per heavy atom. The molecule has 0 bridgehead atoms. The smallest absolute Gasteiger partial charge is 0.181 e. The van der Waals surface area contributed by atoms with Crippen molar-refractivity contribution in [1.29, 1.82) is 5.26 Å². The van der Waals surface area contributed by atoms with Crippen LogP contribution in [0.5, 0.6) is 5.75 Å². The lowest BCUT2D eigenvalue weighted by atomic mass is 10.2. The summed E-state index contributed by atoms with van der Waals surface area (Å²) >= 11 is 0. The van der Waals surface area contributed by atoms with E-state index in [1.54, 1.807) is 19.1 Å². The molecule has 0 fully saturated rings. The maximum absolute atomic E-state index is 8.57. The molecule has 0 amide bonds. The highest BCUT2D eigenvalue weighted by molar-refractivity contribution is 5.54. The van der Waals surface area contributed by atoms with Gasteiger partial charge in [-0.1, -0.05) is 6.07 Å². The number of rotatable bonds is 3. The molecule has 14 heavy (non-hydrogen) atoms. The second kappa shape index (κ2) is 4.49. The van der Waals surface area contributed by atoms with E-state index < -0.39 is 6.10 Å². The van der Waals surface area contributed by atoms with Gasteiger partial charge in [-0.3, -0.25) is 0 Å². The lowest BCUT2D eigenvalue weighted by Gasteiger charge is -2.11. The third-order valence-corrected chi connectivity index (χ3v) is 1.80. The molecular weight excluding hydrogens is 178 g/mol. The van der Waals surface area contributed by atoms with Gasteiger partial charge in [-0.05, 0) is 24.6 Å². The molecule has 1 aromatic rings. The van der Waals surface area contributed by atoms with Crippen LogP contribution in [-0.2, 0) is 6.54 Å². The first kappa shape index (κ1) is 10.4. The van der Waals surface area contributed by atoms with Gasteiger partial charge in [-0.15, -0.1) is 0 Å². The van der Waals surface area contributed by atoms with Crippen molar-refractivity contribution in [2.75, 3.05) is 5.73 Å². The molecule has 0 radical (unpaired) electrons. The van der Waals surface area contributed by atoms with E-state index in [0.29, 0.717) is 18.0 Å². The molecule has 0 spiro atoms. The summed E-state index contributed by atoms with van der Waals surface area (Å²) in [6.45, 7) is 2.09. The molecule has 0 aliphatic carbocycles. The van der Waals surface area contributed by atoms with E-state index in [1.807, 2.05) is 12.1 Å². The van der Waals surface area contributed by atoms with Gasteiger partial charge in [0.1, 0.15) is 11.8 Å². The van der Waals surface area contributed by atoms with Crippen LogP contribution in [0.15, 0.2) is 18.2 Å². The Kier molecular flexibility index (Phi) is 3.32. The molecule has 0 aliphatic rings. The summed E-state index contributed by atoms with van der Waals surface area (Å²) in [7, 11) is 0. The summed E-state index contributed by atoms with van der Waals surface area (Å²) < 4.78 is 5.30. The second-order valence-electron chi connectivity index (χ2n) is 2.97.